The molecule has 0 aliphatic carbocycles. The van der Waals surface area contributed by atoms with Gasteiger partial charge < -0.3 is 96.3 Å². The predicted octanol–water partition coefficient (Wildman–Crippen LogP) is -0.142. The molecule has 0 spiro atoms. The molecule has 0 saturated carbocycles. The maximum absolute atomic E-state index is 6.12. The van der Waals surface area contributed by atoms with Crippen LogP contribution in [0.1, 0.15) is 128 Å². The predicted molar refractivity (Wildman–Crippen MR) is 290 cm³/mol. The van der Waals surface area contributed by atoms with Crippen LogP contribution in [0.15, 0.2) is 146 Å². The molecule has 8 aromatic rings. The first kappa shape index (κ1) is 64.7. The highest BCUT2D eigenvalue weighted by atomic mass is 79.9. The fraction of sp³-hybridized carbons (Fsp3) is 0.400. The average molecular weight is 1250 g/mol. The van der Waals surface area contributed by atoms with Gasteiger partial charge in [-0.1, -0.05) is 126 Å². The van der Waals surface area contributed by atoms with Crippen molar-refractivity contribution in [1.82, 2.24) is 0 Å². The number of nitrogens with two attached hydrogens (primary N) is 4. The Hall–Kier alpha value is -4.40. The lowest BCUT2D eigenvalue weighted by molar-refractivity contribution is -0.672. The van der Waals surface area contributed by atoms with Crippen LogP contribution in [0.3, 0.4) is 0 Å². The Morgan fingerprint density at radius 3 is 0.589 bits per heavy atom. The number of anilines is 4. The van der Waals surface area contributed by atoms with E-state index < -0.39 is 0 Å². The Morgan fingerprint density at radius 1 is 0.233 bits per heavy atom. The van der Waals surface area contributed by atoms with Crippen molar-refractivity contribution in [2.24, 2.45) is 0 Å². The number of halogens is 4. The molecule has 0 atom stereocenters. The van der Waals surface area contributed by atoms with E-state index in [1.54, 1.807) is 0 Å². The van der Waals surface area contributed by atoms with E-state index in [-0.39, 0.29) is 73.4 Å². The number of para-hydroxylation sites is 4. The number of nitrogen functional groups attached to an aromatic ring is 4. The van der Waals surface area contributed by atoms with Gasteiger partial charge in [0.25, 0.3) is 0 Å². The second kappa shape index (κ2) is 35.7. The van der Waals surface area contributed by atoms with Crippen molar-refractivity contribution >= 4 is 66.4 Å². The fourth-order valence-electron chi connectivity index (χ4n) is 9.97. The Bertz CT molecular complexity index is 2430. The van der Waals surface area contributed by atoms with Gasteiger partial charge in [-0.15, -0.1) is 0 Å². The van der Waals surface area contributed by atoms with Gasteiger partial charge in [-0.2, -0.15) is 18.3 Å². The highest BCUT2D eigenvalue weighted by Crippen LogP contribution is 2.21. The molecule has 0 fully saturated rings. The lowest BCUT2D eigenvalue weighted by Crippen LogP contribution is -3.00. The Morgan fingerprint density at radius 2 is 0.397 bits per heavy atom. The van der Waals surface area contributed by atoms with Crippen LogP contribution in [0.25, 0.3) is 43.6 Å². The molecule has 4 aromatic heterocycles. The van der Waals surface area contributed by atoms with Crippen LogP contribution >= 0.6 is 0 Å². The summed E-state index contributed by atoms with van der Waals surface area (Å²) < 4.78 is 9.38. The molecule has 0 bridgehead atoms. The number of nitrogens with zero attached hydrogens (tertiary/aromatic N) is 4. The molecule has 4 aromatic carbocycles. The summed E-state index contributed by atoms with van der Waals surface area (Å²) in [6.07, 6.45) is 35.0. The standard InChI is InChI=1S/2C30H38N4.4BrH.H2O/c2*31-27-19-23-33(29-17-11-9-15-25(27)29)21-13-7-5-3-1-2-4-6-8-14-22-34-24-20-28(32)26-16-10-12-18-30(26)34;;;;;/h2*9-12,15-20,23-24,31-32H,1-8,13-14,21-22H2;4*1H;1H2. The summed E-state index contributed by atoms with van der Waals surface area (Å²) in [5, 5.41) is 4.63. The van der Waals surface area contributed by atoms with Gasteiger partial charge in [-0.05, 0) is 49.9 Å². The Balaban J connectivity index is 0.000000468. The minimum atomic E-state index is 0. The van der Waals surface area contributed by atoms with E-state index in [4.69, 9.17) is 22.9 Å². The summed E-state index contributed by atoms with van der Waals surface area (Å²) in [7, 11) is 0. The molecule has 73 heavy (non-hydrogen) atoms. The minimum absolute atomic E-state index is 0. The van der Waals surface area contributed by atoms with Crippen molar-refractivity contribution in [3.8, 4) is 0 Å². The zero-order valence-corrected chi connectivity index (χ0v) is 49.3. The lowest BCUT2D eigenvalue weighted by Gasteiger charge is -2.05. The van der Waals surface area contributed by atoms with Crippen LogP contribution < -0.4 is 109 Å². The van der Waals surface area contributed by atoms with Crippen molar-refractivity contribution in [2.45, 2.75) is 155 Å². The van der Waals surface area contributed by atoms with Gasteiger partial charge in [0.2, 0.25) is 22.1 Å². The van der Waals surface area contributed by atoms with Crippen LogP contribution in [0, 0.1) is 0 Å². The summed E-state index contributed by atoms with van der Waals surface area (Å²) >= 11 is 0. The smallest absolute Gasteiger partial charge is 0.214 e. The summed E-state index contributed by atoms with van der Waals surface area (Å²) in [5.74, 6) is 0. The SMILES string of the molecule is Nc1cc[n+](CCCCCCCCCCCC[n+]2ccc(N)c3ccccc32)c2ccccc12.Nc1cc[n+](CCCCCCCCCCCC[n+]2ccc(N)c3ccccc32)c2ccccc12.O.[Br-].[Br-].[Br-].[Br-]. The van der Waals surface area contributed by atoms with Crippen molar-refractivity contribution in [3.05, 3.63) is 146 Å². The molecule has 396 valence electrons. The molecule has 9 nitrogen and oxygen atoms in total. The number of unbranched alkanes of at least 4 members (excludes halogenated alkanes) is 18. The zero-order chi connectivity index (χ0) is 47.2. The first-order valence-electron chi connectivity index (χ1n) is 26.1. The molecule has 0 amide bonds. The largest absolute Gasteiger partial charge is 1.00 e. The fourth-order valence-corrected chi connectivity index (χ4v) is 9.97. The second-order valence-electron chi connectivity index (χ2n) is 19.0. The van der Waals surface area contributed by atoms with Crippen molar-refractivity contribution < 1.29 is 91.7 Å². The Kier molecular flexibility index (Phi) is 31.7. The van der Waals surface area contributed by atoms with Crippen molar-refractivity contribution in [3.63, 3.8) is 0 Å². The molecule has 0 aliphatic heterocycles. The van der Waals surface area contributed by atoms with Gasteiger partial charge in [0, 0.05) is 74.2 Å². The van der Waals surface area contributed by atoms with Gasteiger partial charge >= 0.3 is 0 Å². The molecule has 0 saturated heterocycles. The number of pyridine rings is 4. The third kappa shape index (κ3) is 19.7. The molecule has 0 unspecified atom stereocenters. The lowest BCUT2D eigenvalue weighted by atomic mass is 10.1. The van der Waals surface area contributed by atoms with Crippen molar-refractivity contribution in [2.75, 3.05) is 22.9 Å². The first-order chi connectivity index (χ1) is 33.5. The van der Waals surface area contributed by atoms with Crippen LogP contribution in [0.2, 0.25) is 0 Å². The molecule has 0 aliphatic rings. The number of hydrogen-bond acceptors (Lipinski definition) is 4. The van der Waals surface area contributed by atoms with Crippen LogP contribution in [-0.2, 0) is 26.2 Å². The monoisotopic (exact) mass is 1250 g/mol. The number of fused-ring (bicyclic) bond motifs is 4. The van der Waals surface area contributed by atoms with E-state index in [0.717, 1.165) is 70.5 Å². The zero-order valence-electron chi connectivity index (χ0n) is 42.9. The molecule has 4 heterocycles. The average Bonchev–Trinajstić information content (AvgIpc) is 3.37. The van der Waals surface area contributed by atoms with Crippen LogP contribution in [0.5, 0.6) is 0 Å². The molecule has 8 rings (SSSR count). The van der Waals surface area contributed by atoms with E-state index in [1.807, 2.05) is 24.3 Å². The maximum atomic E-state index is 6.12. The van der Waals surface area contributed by atoms with Crippen LogP contribution in [-0.4, -0.2) is 5.48 Å². The van der Waals surface area contributed by atoms with E-state index in [1.165, 1.54) is 150 Å². The molecular weight excluding hydrogens is 1170 g/mol. The molecule has 0 radical (unpaired) electrons. The minimum Gasteiger partial charge on any atom is -1.00 e. The molecule has 13 heteroatoms. The first-order valence-corrected chi connectivity index (χ1v) is 26.1. The third-order valence-electron chi connectivity index (χ3n) is 13.9. The quantitative estimate of drug-likeness (QED) is 0.0442. The topological polar surface area (TPSA) is 151 Å². The van der Waals surface area contributed by atoms with Gasteiger partial charge in [0.1, 0.15) is 26.2 Å². The summed E-state index contributed by atoms with van der Waals surface area (Å²) in [6.45, 7) is 4.29. The van der Waals surface area contributed by atoms with E-state index in [2.05, 4.69) is 140 Å². The van der Waals surface area contributed by atoms with E-state index >= 15 is 0 Å². The number of rotatable bonds is 26. The number of aryl methyl sites for hydroxylation is 4. The molecular formula is C60H82Br4N8O. The van der Waals surface area contributed by atoms with Gasteiger partial charge in [-0.3, -0.25) is 0 Å². The van der Waals surface area contributed by atoms with Gasteiger partial charge in [0.05, 0.1) is 44.3 Å². The normalized spacial score (nSPS) is 10.6. The van der Waals surface area contributed by atoms with E-state index in [0.29, 0.717) is 0 Å². The van der Waals surface area contributed by atoms with Crippen LogP contribution in [0.4, 0.5) is 22.7 Å². The second-order valence-corrected chi connectivity index (χ2v) is 19.0. The maximum Gasteiger partial charge on any atom is 0.214 e. The number of hydrogen-bond donors (Lipinski definition) is 4. The summed E-state index contributed by atoms with van der Waals surface area (Å²) in [4.78, 5) is 0. The highest BCUT2D eigenvalue weighted by molar-refractivity contribution is 5.89. The highest BCUT2D eigenvalue weighted by Gasteiger charge is 2.14. The number of aromatic nitrogens is 4. The Labute approximate surface area is 478 Å². The van der Waals surface area contributed by atoms with E-state index in [9.17, 15) is 0 Å². The number of benzene rings is 4. The third-order valence-corrected chi connectivity index (χ3v) is 13.9. The van der Waals surface area contributed by atoms with Crippen molar-refractivity contribution in [1.29, 1.82) is 0 Å². The molecule has 10 N–H and O–H groups in total. The summed E-state index contributed by atoms with van der Waals surface area (Å²) in [5.41, 5.74) is 32.9. The summed E-state index contributed by atoms with van der Waals surface area (Å²) in [6, 6.07) is 41.8. The van der Waals surface area contributed by atoms with Gasteiger partial charge in [0.15, 0.2) is 24.8 Å². The van der Waals surface area contributed by atoms with Gasteiger partial charge in [-0.25, -0.2) is 0 Å².